The van der Waals surface area contributed by atoms with Crippen LogP contribution in [0.15, 0.2) is 71.6 Å². The molecule has 0 N–H and O–H groups in total. The van der Waals surface area contributed by atoms with Gasteiger partial charge in [0.2, 0.25) is 10.0 Å². The van der Waals surface area contributed by atoms with Gasteiger partial charge in [-0.2, -0.15) is 4.31 Å². The molecule has 0 aliphatic carbocycles. The zero-order chi connectivity index (χ0) is 19.6. The van der Waals surface area contributed by atoms with Crippen molar-refractivity contribution in [2.24, 2.45) is 0 Å². The van der Waals surface area contributed by atoms with Crippen LogP contribution in [0.5, 0.6) is 0 Å². The van der Waals surface area contributed by atoms with Crippen molar-refractivity contribution in [3.63, 3.8) is 0 Å². The van der Waals surface area contributed by atoms with Crippen molar-refractivity contribution >= 4 is 15.8 Å². The highest BCUT2D eigenvalue weighted by Crippen LogP contribution is 2.39. The monoisotopic (exact) mass is 385 g/mol. The van der Waals surface area contributed by atoms with E-state index in [-0.39, 0.29) is 10.7 Å². The van der Waals surface area contributed by atoms with Crippen molar-refractivity contribution in [1.82, 2.24) is 4.31 Å². The molecule has 5 nitrogen and oxygen atoms in total. The second-order valence-electron chi connectivity index (χ2n) is 6.72. The fourth-order valence-corrected chi connectivity index (χ4v) is 4.89. The first-order chi connectivity index (χ1) is 12.8. The second-order valence-corrected chi connectivity index (χ2v) is 8.56. The zero-order valence-electron chi connectivity index (χ0n) is 15.6. The largest absolute Gasteiger partial charge is 0.349 e. The lowest BCUT2D eigenvalue weighted by atomic mass is 10.0. The summed E-state index contributed by atoms with van der Waals surface area (Å²) in [5, 5.41) is 0. The molecule has 0 unspecified atom stereocenters. The van der Waals surface area contributed by atoms with E-state index in [1.165, 1.54) is 23.4 Å². The van der Waals surface area contributed by atoms with E-state index in [1.54, 1.807) is 24.3 Å². The molecule has 0 saturated carbocycles. The summed E-state index contributed by atoms with van der Waals surface area (Å²) in [4.78, 5) is 11.6. The number of carbonyl (C=O) groups is 1. The topological polar surface area (TPSA) is 63.7 Å². The van der Waals surface area contributed by atoms with E-state index in [0.29, 0.717) is 0 Å². The molecule has 1 fully saturated rings. The highest BCUT2D eigenvalue weighted by atomic mass is 32.2. The number of carbonyl (C=O) groups excluding carboxylic acids is 1. The van der Waals surface area contributed by atoms with Crippen LogP contribution in [-0.2, 0) is 19.6 Å². The van der Waals surface area contributed by atoms with E-state index in [9.17, 15) is 13.2 Å². The van der Waals surface area contributed by atoms with Gasteiger partial charge in [0.05, 0.1) is 10.9 Å². The van der Waals surface area contributed by atoms with Gasteiger partial charge in [0.1, 0.15) is 12.3 Å². The molecule has 0 amide bonds. The summed E-state index contributed by atoms with van der Waals surface area (Å²) in [6.45, 7) is 5.15. The molecule has 3 atom stereocenters. The van der Waals surface area contributed by atoms with Crippen LogP contribution in [0, 0.1) is 6.92 Å². The molecule has 27 heavy (non-hydrogen) atoms. The minimum Gasteiger partial charge on any atom is -0.349 e. The normalized spacial score (nSPS) is 23.7. The molecule has 1 aliphatic rings. The smallest absolute Gasteiger partial charge is 0.245 e. The van der Waals surface area contributed by atoms with Gasteiger partial charge in [0, 0.05) is 0 Å². The number of benzene rings is 2. The van der Waals surface area contributed by atoms with Crippen molar-refractivity contribution in [1.29, 1.82) is 0 Å². The van der Waals surface area contributed by atoms with Crippen molar-refractivity contribution < 1.29 is 17.9 Å². The standard InChI is InChI=1S/C21H23NO4S/c1-15-9-12-19(13-10-15)27(24,25)22-17(3)21(18-7-5-4-6-8-18)26-20(22)14-11-16(2)23/h4-14,17,20-21H,1-3H3/b14-11+/t17-,20-,21-/m0/s1. The molecule has 0 bridgehead atoms. The minimum atomic E-state index is -3.80. The van der Waals surface area contributed by atoms with Crippen LogP contribution in [0.4, 0.5) is 0 Å². The Kier molecular flexibility index (Phi) is 5.60. The summed E-state index contributed by atoms with van der Waals surface area (Å²) in [6.07, 6.45) is 1.59. The van der Waals surface area contributed by atoms with E-state index in [4.69, 9.17) is 4.74 Å². The van der Waals surface area contributed by atoms with Gasteiger partial charge in [0.15, 0.2) is 5.78 Å². The van der Waals surface area contributed by atoms with E-state index >= 15 is 0 Å². The Balaban J connectivity index is 2.03. The third kappa shape index (κ3) is 4.03. The number of ketones is 1. The van der Waals surface area contributed by atoms with Gasteiger partial charge in [-0.05, 0) is 50.6 Å². The predicted octanol–water partition coefficient (Wildman–Crippen LogP) is 3.62. The number of rotatable bonds is 5. The second kappa shape index (κ2) is 7.76. The van der Waals surface area contributed by atoms with E-state index in [0.717, 1.165) is 11.1 Å². The maximum absolute atomic E-state index is 13.3. The lowest BCUT2D eigenvalue weighted by Crippen LogP contribution is -2.40. The first-order valence-corrected chi connectivity index (χ1v) is 10.2. The molecule has 2 aromatic carbocycles. The van der Waals surface area contributed by atoms with Gasteiger partial charge >= 0.3 is 0 Å². The summed E-state index contributed by atoms with van der Waals surface area (Å²) in [5.74, 6) is -0.165. The summed E-state index contributed by atoms with van der Waals surface area (Å²) in [7, 11) is -3.80. The summed E-state index contributed by atoms with van der Waals surface area (Å²) >= 11 is 0. The van der Waals surface area contributed by atoms with Crippen LogP contribution in [0.3, 0.4) is 0 Å². The summed E-state index contributed by atoms with van der Waals surface area (Å²) in [5.41, 5.74) is 1.88. The number of sulfonamides is 1. The molecule has 0 radical (unpaired) electrons. The average Bonchev–Trinajstić information content (AvgIpc) is 2.98. The molecule has 1 aliphatic heterocycles. The maximum atomic E-state index is 13.3. The molecule has 2 aromatic rings. The van der Waals surface area contributed by atoms with Crippen molar-refractivity contribution in [2.75, 3.05) is 0 Å². The van der Waals surface area contributed by atoms with Crippen molar-refractivity contribution in [3.8, 4) is 0 Å². The number of hydrogen-bond acceptors (Lipinski definition) is 4. The minimum absolute atomic E-state index is 0.165. The Morgan fingerprint density at radius 2 is 1.70 bits per heavy atom. The number of allylic oxidation sites excluding steroid dienone is 1. The van der Waals surface area contributed by atoms with Crippen LogP contribution in [0.1, 0.15) is 31.1 Å². The molecular weight excluding hydrogens is 362 g/mol. The quantitative estimate of drug-likeness (QED) is 0.738. The molecular formula is C21H23NO4S. The summed E-state index contributed by atoms with van der Waals surface area (Å²) in [6, 6.07) is 15.8. The average molecular weight is 385 g/mol. The maximum Gasteiger partial charge on any atom is 0.245 e. The fraction of sp³-hybridized carbons (Fsp3) is 0.286. The Morgan fingerprint density at radius 1 is 1.07 bits per heavy atom. The molecule has 6 heteroatoms. The first-order valence-electron chi connectivity index (χ1n) is 8.80. The summed E-state index contributed by atoms with van der Waals surface area (Å²) < 4.78 is 34.0. The SMILES string of the molecule is CC(=O)/C=C/[C@@H]1O[C@H](c2ccccc2)[C@H](C)N1S(=O)(=O)c1ccc(C)cc1. The Morgan fingerprint density at radius 3 is 2.30 bits per heavy atom. The highest BCUT2D eigenvalue weighted by molar-refractivity contribution is 7.89. The number of hydrogen-bond donors (Lipinski definition) is 0. The predicted molar refractivity (Wildman–Crippen MR) is 104 cm³/mol. The fourth-order valence-electron chi connectivity index (χ4n) is 3.22. The molecule has 1 saturated heterocycles. The molecule has 0 spiro atoms. The lowest BCUT2D eigenvalue weighted by Gasteiger charge is -2.24. The van der Waals surface area contributed by atoms with Gasteiger partial charge in [-0.25, -0.2) is 8.42 Å². The van der Waals surface area contributed by atoms with E-state index in [1.807, 2.05) is 44.2 Å². The molecule has 3 rings (SSSR count). The van der Waals surface area contributed by atoms with Crippen LogP contribution in [0.25, 0.3) is 0 Å². The van der Waals surface area contributed by atoms with E-state index < -0.39 is 28.4 Å². The first kappa shape index (κ1) is 19.5. The lowest BCUT2D eigenvalue weighted by molar-refractivity contribution is -0.112. The van der Waals surface area contributed by atoms with Gasteiger partial charge in [-0.3, -0.25) is 4.79 Å². The van der Waals surface area contributed by atoms with Crippen LogP contribution < -0.4 is 0 Å². The van der Waals surface area contributed by atoms with Crippen LogP contribution >= 0.6 is 0 Å². The van der Waals surface area contributed by atoms with Crippen molar-refractivity contribution in [3.05, 3.63) is 77.9 Å². The number of aryl methyl sites for hydroxylation is 1. The van der Waals surface area contributed by atoms with Gasteiger partial charge in [-0.1, -0.05) is 48.0 Å². The third-order valence-electron chi connectivity index (χ3n) is 4.60. The zero-order valence-corrected chi connectivity index (χ0v) is 16.4. The van der Waals surface area contributed by atoms with Gasteiger partial charge in [0.25, 0.3) is 0 Å². The molecule has 1 heterocycles. The molecule has 142 valence electrons. The van der Waals surface area contributed by atoms with E-state index in [2.05, 4.69) is 0 Å². The van der Waals surface area contributed by atoms with Crippen LogP contribution in [-0.4, -0.2) is 30.8 Å². The van der Waals surface area contributed by atoms with Gasteiger partial charge in [-0.15, -0.1) is 0 Å². The third-order valence-corrected chi connectivity index (χ3v) is 6.56. The number of ether oxygens (including phenoxy) is 1. The molecule has 0 aromatic heterocycles. The Hall–Kier alpha value is -2.28. The van der Waals surface area contributed by atoms with Crippen LogP contribution in [0.2, 0.25) is 0 Å². The van der Waals surface area contributed by atoms with Gasteiger partial charge < -0.3 is 4.74 Å². The van der Waals surface area contributed by atoms with Crippen molar-refractivity contribution in [2.45, 2.75) is 44.0 Å². The number of nitrogens with zero attached hydrogens (tertiary/aromatic N) is 1. The Labute approximate surface area is 160 Å². The Bertz CT molecular complexity index is 936. The highest BCUT2D eigenvalue weighted by Gasteiger charge is 2.46.